The van der Waals surface area contributed by atoms with Crippen LogP contribution in [0.3, 0.4) is 0 Å². The van der Waals surface area contributed by atoms with Crippen LogP contribution in [-0.4, -0.2) is 44.4 Å². The van der Waals surface area contributed by atoms with Gasteiger partial charge >= 0.3 is 0 Å². The van der Waals surface area contributed by atoms with Crippen LogP contribution in [0.1, 0.15) is 36.1 Å². The van der Waals surface area contributed by atoms with Crippen molar-refractivity contribution >= 4 is 29.1 Å². The topological polar surface area (TPSA) is 93.9 Å². The maximum absolute atomic E-state index is 13.4. The second-order valence-electron chi connectivity index (χ2n) is 9.57. The van der Waals surface area contributed by atoms with Gasteiger partial charge in [0.05, 0.1) is 29.6 Å². The Balaban J connectivity index is 1.46. The number of hydrogen-bond donors (Lipinski definition) is 1. The molecule has 0 bridgehead atoms. The number of aliphatic hydroxyl groups excluding tert-OH is 1. The lowest BCUT2D eigenvalue weighted by atomic mass is 9.95. The molecule has 1 aliphatic rings. The Kier molecular flexibility index (Phi) is 8.70. The quantitative estimate of drug-likeness (QED) is 0.134. The maximum Gasteiger partial charge on any atom is 0.295 e. The highest BCUT2D eigenvalue weighted by Gasteiger charge is 2.45. The summed E-state index contributed by atoms with van der Waals surface area (Å²) in [5.74, 6) is -0.589. The number of aromatic nitrogens is 2. The summed E-state index contributed by atoms with van der Waals surface area (Å²) in [6, 6.07) is 21.1. The van der Waals surface area contributed by atoms with E-state index in [0.29, 0.717) is 60.4 Å². The van der Waals surface area contributed by atoms with Crippen LogP contribution in [0.4, 0.5) is 0 Å². The summed E-state index contributed by atoms with van der Waals surface area (Å²) in [5.41, 5.74) is 2.05. The Bertz CT molecular complexity index is 1540. The molecule has 0 saturated carbocycles. The smallest absolute Gasteiger partial charge is 0.295 e. The standard InChI is InChI=1S/C32H30ClN3O5/c1-2-40-27-14-11-24(19-26(27)33)30(37)28-29(36(32(39)31(28)38)17-6-16-35-18-15-34-21-35)23-9-12-25(13-10-23)41-20-22-7-4-3-5-8-22/h3-5,7-15,18-19,21,29,37H,2,6,16-17,20H2,1H3. The van der Waals surface area contributed by atoms with Gasteiger partial charge in [0, 0.05) is 31.0 Å². The summed E-state index contributed by atoms with van der Waals surface area (Å²) in [6.07, 6.45) is 5.83. The van der Waals surface area contributed by atoms with E-state index >= 15 is 0 Å². The molecule has 5 rings (SSSR count). The minimum atomic E-state index is -0.786. The molecule has 9 heteroatoms. The number of aliphatic hydroxyl groups is 1. The molecule has 1 saturated heterocycles. The Morgan fingerprint density at radius 3 is 2.46 bits per heavy atom. The van der Waals surface area contributed by atoms with Crippen molar-refractivity contribution in [2.75, 3.05) is 13.2 Å². The molecule has 1 N–H and O–H groups in total. The van der Waals surface area contributed by atoms with Crippen LogP contribution in [0.15, 0.2) is 97.1 Å². The first-order valence-electron chi connectivity index (χ1n) is 13.4. The molecular formula is C32H30ClN3O5. The van der Waals surface area contributed by atoms with Gasteiger partial charge in [0.2, 0.25) is 0 Å². The fraction of sp³-hybridized carbons (Fsp3) is 0.219. The number of hydrogen-bond acceptors (Lipinski definition) is 6. The molecule has 1 fully saturated rings. The molecule has 1 amide bonds. The van der Waals surface area contributed by atoms with E-state index in [1.54, 1.807) is 36.8 Å². The molecule has 1 aromatic heterocycles. The van der Waals surface area contributed by atoms with E-state index in [1.807, 2.05) is 60.2 Å². The molecule has 0 radical (unpaired) electrons. The highest BCUT2D eigenvalue weighted by Crippen LogP contribution is 2.41. The van der Waals surface area contributed by atoms with Crippen molar-refractivity contribution in [3.05, 3.63) is 119 Å². The minimum Gasteiger partial charge on any atom is -0.507 e. The normalized spacial score (nSPS) is 16.2. The molecule has 1 unspecified atom stereocenters. The predicted molar refractivity (Wildman–Crippen MR) is 156 cm³/mol. The lowest BCUT2D eigenvalue weighted by Gasteiger charge is -2.25. The van der Waals surface area contributed by atoms with Crippen molar-refractivity contribution in [1.29, 1.82) is 0 Å². The number of carbonyl (C=O) groups excluding carboxylic acids is 2. The van der Waals surface area contributed by atoms with Crippen LogP contribution in [0.5, 0.6) is 11.5 Å². The fourth-order valence-electron chi connectivity index (χ4n) is 4.86. The third kappa shape index (κ3) is 6.28. The average molecular weight is 572 g/mol. The van der Waals surface area contributed by atoms with Crippen molar-refractivity contribution in [3.63, 3.8) is 0 Å². The molecule has 0 aliphatic carbocycles. The maximum atomic E-state index is 13.4. The summed E-state index contributed by atoms with van der Waals surface area (Å²) >= 11 is 6.37. The molecule has 0 spiro atoms. The lowest BCUT2D eigenvalue weighted by Crippen LogP contribution is -2.31. The number of benzene rings is 3. The Morgan fingerprint density at radius 2 is 1.78 bits per heavy atom. The van der Waals surface area contributed by atoms with Gasteiger partial charge in [-0.3, -0.25) is 9.59 Å². The first kappa shape index (κ1) is 28.0. The average Bonchev–Trinajstić information content (AvgIpc) is 3.60. The first-order valence-corrected chi connectivity index (χ1v) is 13.8. The van der Waals surface area contributed by atoms with Crippen molar-refractivity contribution in [3.8, 4) is 11.5 Å². The first-order chi connectivity index (χ1) is 20.0. The number of halogens is 1. The summed E-state index contributed by atoms with van der Waals surface area (Å²) in [6.45, 7) is 3.61. The molecule has 1 aliphatic heterocycles. The zero-order valence-electron chi connectivity index (χ0n) is 22.6. The number of aryl methyl sites for hydroxylation is 1. The molecule has 8 nitrogen and oxygen atoms in total. The number of rotatable bonds is 11. The largest absolute Gasteiger partial charge is 0.507 e. The number of nitrogens with zero attached hydrogens (tertiary/aromatic N) is 3. The second-order valence-corrected chi connectivity index (χ2v) is 9.98. The van der Waals surface area contributed by atoms with Crippen LogP contribution in [0.2, 0.25) is 5.02 Å². The van der Waals surface area contributed by atoms with Gasteiger partial charge in [0.25, 0.3) is 11.7 Å². The van der Waals surface area contributed by atoms with Gasteiger partial charge in [-0.25, -0.2) is 4.98 Å². The molecule has 2 heterocycles. The van der Waals surface area contributed by atoms with Gasteiger partial charge in [0.15, 0.2) is 0 Å². The van der Waals surface area contributed by atoms with Gasteiger partial charge in [0.1, 0.15) is 23.9 Å². The molecule has 41 heavy (non-hydrogen) atoms. The number of Topliss-reactive ketones (excluding diaryl/α,β-unsaturated/α-hetero) is 1. The van der Waals surface area contributed by atoms with Gasteiger partial charge in [-0.15, -0.1) is 0 Å². The van der Waals surface area contributed by atoms with E-state index in [-0.39, 0.29) is 11.3 Å². The summed E-state index contributed by atoms with van der Waals surface area (Å²) in [4.78, 5) is 32.3. The van der Waals surface area contributed by atoms with E-state index in [0.717, 1.165) is 5.56 Å². The Hall–Kier alpha value is -4.56. The predicted octanol–water partition coefficient (Wildman–Crippen LogP) is 6.03. The third-order valence-electron chi connectivity index (χ3n) is 6.86. The van der Waals surface area contributed by atoms with Gasteiger partial charge in [-0.05, 0) is 54.8 Å². The van der Waals surface area contributed by atoms with Crippen LogP contribution in [0.25, 0.3) is 5.76 Å². The number of amides is 1. The minimum absolute atomic E-state index is 0.0100. The molecule has 210 valence electrons. The SMILES string of the molecule is CCOc1ccc(C(O)=C2C(=O)C(=O)N(CCCn3ccnc3)C2c2ccc(OCc3ccccc3)cc2)cc1Cl. The van der Waals surface area contributed by atoms with E-state index in [4.69, 9.17) is 21.1 Å². The monoisotopic (exact) mass is 571 g/mol. The highest BCUT2D eigenvalue weighted by molar-refractivity contribution is 6.46. The summed E-state index contributed by atoms with van der Waals surface area (Å²) in [7, 11) is 0. The Labute approximate surface area is 243 Å². The van der Waals surface area contributed by atoms with Crippen molar-refractivity contribution < 1.29 is 24.2 Å². The zero-order valence-corrected chi connectivity index (χ0v) is 23.3. The third-order valence-corrected chi connectivity index (χ3v) is 7.16. The van der Waals surface area contributed by atoms with Gasteiger partial charge < -0.3 is 24.0 Å². The summed E-state index contributed by atoms with van der Waals surface area (Å²) < 4.78 is 13.3. The van der Waals surface area contributed by atoms with Crippen molar-refractivity contribution in [2.45, 2.75) is 32.5 Å². The number of likely N-dealkylation sites (tertiary alicyclic amines) is 1. The summed E-state index contributed by atoms with van der Waals surface area (Å²) in [5, 5.41) is 11.7. The van der Waals surface area contributed by atoms with E-state index in [2.05, 4.69) is 4.98 Å². The molecule has 1 atom stereocenters. The van der Waals surface area contributed by atoms with Crippen LogP contribution in [0, 0.1) is 0 Å². The molecule has 4 aromatic rings. The second kappa shape index (κ2) is 12.7. The van der Waals surface area contributed by atoms with E-state index < -0.39 is 17.7 Å². The zero-order chi connectivity index (χ0) is 28.8. The number of ether oxygens (including phenoxy) is 2. The van der Waals surface area contributed by atoms with Crippen LogP contribution >= 0.6 is 11.6 Å². The number of ketones is 1. The molecular weight excluding hydrogens is 542 g/mol. The van der Waals surface area contributed by atoms with Gasteiger partial charge in [-0.1, -0.05) is 54.1 Å². The molecule has 3 aromatic carbocycles. The van der Waals surface area contributed by atoms with Crippen LogP contribution in [-0.2, 0) is 22.7 Å². The van der Waals surface area contributed by atoms with E-state index in [1.165, 1.54) is 11.0 Å². The van der Waals surface area contributed by atoms with Crippen molar-refractivity contribution in [2.24, 2.45) is 0 Å². The Morgan fingerprint density at radius 1 is 1.00 bits per heavy atom. The van der Waals surface area contributed by atoms with E-state index in [9.17, 15) is 14.7 Å². The lowest BCUT2D eigenvalue weighted by molar-refractivity contribution is -0.139. The number of imidazole rings is 1. The highest BCUT2D eigenvalue weighted by atomic mass is 35.5. The van der Waals surface area contributed by atoms with Crippen LogP contribution < -0.4 is 9.47 Å². The van der Waals surface area contributed by atoms with Crippen molar-refractivity contribution in [1.82, 2.24) is 14.5 Å². The number of carbonyl (C=O) groups is 2. The van der Waals surface area contributed by atoms with Gasteiger partial charge in [-0.2, -0.15) is 0 Å². The fourth-order valence-corrected chi connectivity index (χ4v) is 5.10.